The van der Waals surface area contributed by atoms with E-state index in [0.29, 0.717) is 12.3 Å². The van der Waals surface area contributed by atoms with Crippen LogP contribution in [0, 0.1) is 0 Å². The highest BCUT2D eigenvalue weighted by molar-refractivity contribution is 8.00. The van der Waals surface area contributed by atoms with Crippen LogP contribution in [0.1, 0.15) is 23.5 Å². The first kappa shape index (κ1) is 15.0. The molecule has 1 unspecified atom stereocenters. The highest BCUT2D eigenvalue weighted by Crippen LogP contribution is 2.28. The van der Waals surface area contributed by atoms with Gasteiger partial charge in [-0.2, -0.15) is 0 Å². The van der Waals surface area contributed by atoms with E-state index >= 15 is 0 Å². The molecule has 5 heteroatoms. The predicted molar refractivity (Wildman–Crippen MR) is 82.9 cm³/mol. The molecule has 1 aromatic carbocycles. The van der Waals surface area contributed by atoms with E-state index in [1.165, 1.54) is 5.56 Å². The van der Waals surface area contributed by atoms with Gasteiger partial charge in [0.15, 0.2) is 0 Å². The summed E-state index contributed by atoms with van der Waals surface area (Å²) >= 11 is 7.45. The first-order chi connectivity index (χ1) is 9.65. The van der Waals surface area contributed by atoms with Crippen LogP contribution in [0.25, 0.3) is 0 Å². The third kappa shape index (κ3) is 4.62. The first-order valence-corrected chi connectivity index (χ1v) is 7.74. The van der Waals surface area contributed by atoms with Crippen molar-refractivity contribution in [3.8, 4) is 0 Å². The van der Waals surface area contributed by atoms with E-state index in [-0.39, 0.29) is 11.2 Å². The Morgan fingerprint density at radius 2 is 2.10 bits per heavy atom. The molecule has 0 spiro atoms. The number of amides is 1. The third-order valence-corrected chi connectivity index (χ3v) is 4.30. The van der Waals surface area contributed by atoms with Gasteiger partial charge in [-0.1, -0.05) is 23.7 Å². The molecule has 1 N–H and O–H groups in total. The lowest BCUT2D eigenvalue weighted by atomic mass is 10.2. The highest BCUT2D eigenvalue weighted by atomic mass is 35.5. The Labute approximate surface area is 127 Å². The van der Waals surface area contributed by atoms with E-state index in [1.807, 2.05) is 30.3 Å². The molecule has 0 saturated heterocycles. The van der Waals surface area contributed by atoms with E-state index < -0.39 is 0 Å². The fourth-order valence-corrected chi connectivity index (χ4v) is 2.66. The summed E-state index contributed by atoms with van der Waals surface area (Å²) in [6.45, 7) is 2.51. The molecule has 2 rings (SSSR count). The Kier molecular flexibility index (Phi) is 5.56. The molecule has 20 heavy (non-hydrogen) atoms. The summed E-state index contributed by atoms with van der Waals surface area (Å²) < 4.78 is 5.16. The number of nitrogens with one attached hydrogen (secondary N) is 1. The molecule has 0 aliphatic heterocycles. The second kappa shape index (κ2) is 7.41. The van der Waals surface area contributed by atoms with E-state index in [0.717, 1.165) is 10.8 Å². The molecule has 0 aliphatic rings. The van der Waals surface area contributed by atoms with Crippen molar-refractivity contribution in [1.82, 2.24) is 5.32 Å². The molecule has 0 bridgehead atoms. The van der Waals surface area contributed by atoms with Crippen molar-refractivity contribution in [2.75, 3.05) is 5.75 Å². The quantitative estimate of drug-likeness (QED) is 0.875. The SMILES string of the molecule is CC(SCC(=O)NCc1ccco1)c1ccc(Cl)cc1. The zero-order valence-electron chi connectivity index (χ0n) is 11.1. The molecule has 2 aromatic rings. The number of furan rings is 1. The number of hydrogen-bond acceptors (Lipinski definition) is 3. The number of rotatable bonds is 6. The lowest BCUT2D eigenvalue weighted by Crippen LogP contribution is -2.24. The van der Waals surface area contributed by atoms with Gasteiger partial charge in [0, 0.05) is 10.3 Å². The second-order valence-corrected chi connectivity index (χ2v) is 6.13. The normalized spacial score (nSPS) is 12.1. The van der Waals surface area contributed by atoms with Crippen LogP contribution in [0.4, 0.5) is 0 Å². The molecule has 1 heterocycles. The summed E-state index contributed by atoms with van der Waals surface area (Å²) in [4.78, 5) is 11.7. The molecule has 1 atom stereocenters. The zero-order valence-corrected chi connectivity index (χ0v) is 12.7. The number of benzene rings is 1. The number of halogens is 1. The summed E-state index contributed by atoms with van der Waals surface area (Å²) in [5.74, 6) is 1.19. The molecule has 0 saturated carbocycles. The largest absolute Gasteiger partial charge is 0.467 e. The average Bonchev–Trinajstić information content (AvgIpc) is 2.96. The van der Waals surface area contributed by atoms with E-state index in [2.05, 4.69) is 12.2 Å². The predicted octanol–water partition coefficient (Wildman–Crippen LogP) is 4.04. The fourth-order valence-electron chi connectivity index (χ4n) is 1.68. The maximum absolute atomic E-state index is 11.7. The molecule has 0 fully saturated rings. The molecular weight excluding hydrogens is 294 g/mol. The van der Waals surface area contributed by atoms with E-state index in [4.69, 9.17) is 16.0 Å². The molecule has 1 aromatic heterocycles. The summed E-state index contributed by atoms with van der Waals surface area (Å²) in [6.07, 6.45) is 1.60. The summed E-state index contributed by atoms with van der Waals surface area (Å²) in [5, 5.41) is 3.80. The van der Waals surface area contributed by atoms with E-state index in [1.54, 1.807) is 24.1 Å². The summed E-state index contributed by atoms with van der Waals surface area (Å²) in [5.41, 5.74) is 1.17. The maximum Gasteiger partial charge on any atom is 0.230 e. The van der Waals surface area contributed by atoms with Gasteiger partial charge in [0.05, 0.1) is 18.6 Å². The first-order valence-electron chi connectivity index (χ1n) is 6.31. The lowest BCUT2D eigenvalue weighted by Gasteiger charge is -2.11. The van der Waals surface area contributed by atoms with Crippen molar-refractivity contribution in [2.45, 2.75) is 18.7 Å². The van der Waals surface area contributed by atoms with Gasteiger partial charge in [0.1, 0.15) is 5.76 Å². The van der Waals surface area contributed by atoms with Gasteiger partial charge < -0.3 is 9.73 Å². The Bertz CT molecular complexity index is 540. The number of hydrogen-bond donors (Lipinski definition) is 1. The standard InChI is InChI=1S/C15H16ClNO2S/c1-11(12-4-6-13(16)7-5-12)20-10-15(18)17-9-14-3-2-8-19-14/h2-8,11H,9-10H2,1H3,(H,17,18). The smallest absolute Gasteiger partial charge is 0.230 e. The van der Waals surface area contributed by atoms with Crippen LogP contribution in [0.3, 0.4) is 0 Å². The summed E-state index contributed by atoms with van der Waals surface area (Å²) in [6, 6.07) is 11.3. The van der Waals surface area contributed by atoms with Crippen LogP contribution in [-0.2, 0) is 11.3 Å². The minimum absolute atomic E-state index is 0.00668. The van der Waals surface area contributed by atoms with Gasteiger partial charge in [-0.15, -0.1) is 11.8 Å². The molecule has 0 aliphatic carbocycles. The zero-order chi connectivity index (χ0) is 14.4. The van der Waals surface area contributed by atoms with Crippen molar-refractivity contribution in [3.63, 3.8) is 0 Å². The minimum atomic E-state index is 0.00668. The lowest BCUT2D eigenvalue weighted by molar-refractivity contribution is -0.118. The van der Waals surface area contributed by atoms with Gasteiger partial charge in [0.25, 0.3) is 0 Å². The summed E-state index contributed by atoms with van der Waals surface area (Å²) in [7, 11) is 0. The Morgan fingerprint density at radius 3 is 2.75 bits per heavy atom. The van der Waals surface area contributed by atoms with Gasteiger partial charge >= 0.3 is 0 Å². The van der Waals surface area contributed by atoms with Crippen LogP contribution in [0.2, 0.25) is 5.02 Å². The van der Waals surface area contributed by atoms with Crippen LogP contribution >= 0.6 is 23.4 Å². The van der Waals surface area contributed by atoms with Crippen molar-refractivity contribution < 1.29 is 9.21 Å². The topological polar surface area (TPSA) is 42.2 Å². The Hall–Kier alpha value is -1.39. The van der Waals surface area contributed by atoms with Gasteiger partial charge in [0.2, 0.25) is 5.91 Å². The fraction of sp³-hybridized carbons (Fsp3) is 0.267. The number of thioether (sulfide) groups is 1. The van der Waals surface area contributed by atoms with Gasteiger partial charge in [-0.05, 0) is 36.8 Å². The minimum Gasteiger partial charge on any atom is -0.467 e. The molecule has 0 radical (unpaired) electrons. The van der Waals surface area contributed by atoms with Gasteiger partial charge in [-0.3, -0.25) is 4.79 Å². The van der Waals surface area contributed by atoms with Gasteiger partial charge in [-0.25, -0.2) is 0 Å². The highest BCUT2D eigenvalue weighted by Gasteiger charge is 2.09. The van der Waals surface area contributed by atoms with Crippen LogP contribution < -0.4 is 5.32 Å². The Balaban J connectivity index is 1.73. The van der Waals surface area contributed by atoms with Crippen molar-refractivity contribution in [2.24, 2.45) is 0 Å². The van der Waals surface area contributed by atoms with E-state index in [9.17, 15) is 4.79 Å². The van der Waals surface area contributed by atoms with Crippen LogP contribution in [-0.4, -0.2) is 11.7 Å². The second-order valence-electron chi connectivity index (χ2n) is 4.36. The maximum atomic E-state index is 11.7. The van der Waals surface area contributed by atoms with Crippen LogP contribution in [0.15, 0.2) is 47.1 Å². The Morgan fingerprint density at radius 1 is 1.35 bits per heavy atom. The van der Waals surface area contributed by atoms with Crippen molar-refractivity contribution >= 4 is 29.3 Å². The van der Waals surface area contributed by atoms with Crippen LogP contribution in [0.5, 0.6) is 0 Å². The number of carbonyl (C=O) groups is 1. The van der Waals surface area contributed by atoms with Crippen molar-refractivity contribution in [1.29, 1.82) is 0 Å². The molecule has 1 amide bonds. The van der Waals surface area contributed by atoms with Crippen molar-refractivity contribution in [3.05, 3.63) is 59.0 Å². The molecular formula is C15H16ClNO2S. The molecule has 3 nitrogen and oxygen atoms in total. The monoisotopic (exact) mass is 309 g/mol. The third-order valence-electron chi connectivity index (χ3n) is 2.84. The average molecular weight is 310 g/mol. The number of carbonyl (C=O) groups excluding carboxylic acids is 1. The molecule has 106 valence electrons.